The molecule has 0 aliphatic carbocycles. The zero-order valence-corrected chi connectivity index (χ0v) is 11.3. The van der Waals surface area contributed by atoms with Crippen LogP contribution in [-0.2, 0) is 15.8 Å². The molecule has 2 aromatic rings. The fraction of sp³-hybridized carbons (Fsp3) is 0.500. The Balaban J connectivity index is 2.18. The maximum absolute atomic E-state index is 11.5. The number of rotatable bonds is 5. The summed E-state index contributed by atoms with van der Waals surface area (Å²) < 4.78 is 17.0. The molecule has 2 aromatic heterocycles. The molecule has 0 saturated heterocycles. The van der Waals surface area contributed by atoms with Crippen LogP contribution in [0.4, 0.5) is 5.95 Å². The van der Waals surface area contributed by atoms with Crippen molar-refractivity contribution in [2.24, 2.45) is 0 Å². The first kappa shape index (κ1) is 14.6. The molecule has 20 heavy (non-hydrogen) atoms. The van der Waals surface area contributed by atoms with Crippen molar-refractivity contribution in [2.75, 3.05) is 12.1 Å². The number of aromatic amines is 1. The van der Waals surface area contributed by atoms with Gasteiger partial charge in [0.15, 0.2) is 11.2 Å². The van der Waals surface area contributed by atoms with E-state index in [4.69, 9.17) is 20.3 Å². The predicted octanol–water partition coefficient (Wildman–Crippen LogP) is -1.36. The number of aromatic nitrogens is 5. The minimum Gasteiger partial charge on any atom is -0.369 e. The second-order valence-corrected chi connectivity index (χ2v) is 5.75. The van der Waals surface area contributed by atoms with E-state index in [1.807, 2.05) is 0 Å². The quantitative estimate of drug-likeness (QED) is 0.487. The number of nitrogens with one attached hydrogen (secondary N) is 1. The molecular weight excluding hydrogens is 291 g/mol. The molecule has 12 heteroatoms. The lowest BCUT2D eigenvalue weighted by Crippen LogP contribution is -2.19. The summed E-state index contributed by atoms with van der Waals surface area (Å²) in [5.74, 6) is -0.0742. The Labute approximate surface area is 111 Å². The van der Waals surface area contributed by atoms with Gasteiger partial charge in [0.1, 0.15) is 6.35 Å². The first-order valence-electron chi connectivity index (χ1n) is 5.51. The van der Waals surface area contributed by atoms with Crippen LogP contribution in [0, 0.1) is 0 Å². The third-order valence-corrected chi connectivity index (χ3v) is 2.83. The van der Waals surface area contributed by atoms with Gasteiger partial charge in [0, 0.05) is 0 Å². The zero-order valence-electron chi connectivity index (χ0n) is 10.4. The van der Waals surface area contributed by atoms with Crippen LogP contribution >= 0.6 is 7.60 Å². The van der Waals surface area contributed by atoms with E-state index in [1.165, 1.54) is 4.68 Å². The van der Waals surface area contributed by atoms with E-state index < -0.39 is 25.6 Å². The van der Waals surface area contributed by atoms with Crippen LogP contribution in [0.15, 0.2) is 4.79 Å². The van der Waals surface area contributed by atoms with E-state index in [9.17, 15) is 9.36 Å². The third-order valence-electron chi connectivity index (χ3n) is 2.35. The van der Waals surface area contributed by atoms with E-state index in [0.717, 1.165) is 0 Å². The van der Waals surface area contributed by atoms with Gasteiger partial charge in [-0.25, -0.2) is 4.68 Å². The number of hydrogen-bond acceptors (Lipinski definition) is 7. The van der Waals surface area contributed by atoms with Gasteiger partial charge >= 0.3 is 7.60 Å². The minimum atomic E-state index is -4.23. The molecule has 0 radical (unpaired) electrons. The lowest BCUT2D eigenvalue weighted by Gasteiger charge is -2.13. The Bertz CT molecular complexity index is 720. The van der Waals surface area contributed by atoms with Crippen LogP contribution < -0.4 is 11.3 Å². The summed E-state index contributed by atoms with van der Waals surface area (Å²) in [5, 5.41) is 7.40. The van der Waals surface area contributed by atoms with Gasteiger partial charge in [-0.2, -0.15) is 4.98 Å². The van der Waals surface area contributed by atoms with Gasteiger partial charge in [0.05, 0.1) is 12.6 Å². The third kappa shape index (κ3) is 3.39. The van der Waals surface area contributed by atoms with Crippen molar-refractivity contribution >= 4 is 24.7 Å². The molecule has 0 amide bonds. The Hall–Kier alpha value is -1.81. The average Bonchev–Trinajstić information content (AvgIpc) is 2.69. The normalized spacial score (nSPS) is 13.8. The fourth-order valence-corrected chi connectivity index (χ4v) is 1.98. The van der Waals surface area contributed by atoms with Crippen molar-refractivity contribution in [1.29, 1.82) is 0 Å². The summed E-state index contributed by atoms with van der Waals surface area (Å²) in [4.78, 5) is 35.2. The van der Waals surface area contributed by atoms with Crippen LogP contribution in [0.2, 0.25) is 0 Å². The highest BCUT2D eigenvalue weighted by Crippen LogP contribution is 2.34. The molecule has 0 unspecified atom stereocenters. The average molecular weight is 304 g/mol. The number of nitrogens with two attached hydrogens (primary N) is 1. The lowest BCUT2D eigenvalue weighted by atomic mass is 10.4. The van der Waals surface area contributed by atoms with E-state index in [0.29, 0.717) is 0 Å². The van der Waals surface area contributed by atoms with Gasteiger partial charge in [0.2, 0.25) is 5.95 Å². The molecule has 0 aliphatic heterocycles. The van der Waals surface area contributed by atoms with Crippen LogP contribution in [0.3, 0.4) is 0 Å². The minimum absolute atomic E-state index is 0.0291. The Morgan fingerprint density at radius 2 is 2.25 bits per heavy atom. The molecule has 0 saturated carbocycles. The van der Waals surface area contributed by atoms with Crippen molar-refractivity contribution in [3.8, 4) is 0 Å². The molecule has 0 aromatic carbocycles. The standard InChI is InChI=1S/C8H13N6O5P/c1-4(19-3-20(16,17)18)2-14-6-5(12-13-14)7(15)11-8(9)10-6/h4H,2-3H2,1H3,(H2,16,17,18)(H3,9,10,11,15)/t4-/m0/s1. The number of nitrogens with zero attached hydrogens (tertiary/aromatic N) is 4. The maximum Gasteiger partial charge on any atom is 0.350 e. The zero-order chi connectivity index (χ0) is 14.9. The Morgan fingerprint density at radius 1 is 1.55 bits per heavy atom. The van der Waals surface area contributed by atoms with Crippen molar-refractivity contribution in [1.82, 2.24) is 25.0 Å². The second kappa shape index (κ2) is 5.29. The first-order valence-corrected chi connectivity index (χ1v) is 7.31. The van der Waals surface area contributed by atoms with E-state index in [-0.39, 0.29) is 23.7 Å². The summed E-state index contributed by atoms with van der Waals surface area (Å²) in [5.41, 5.74) is 5.13. The second-order valence-electron chi connectivity index (χ2n) is 4.17. The van der Waals surface area contributed by atoms with Gasteiger partial charge in [-0.05, 0) is 6.92 Å². The molecule has 0 aliphatic rings. The monoisotopic (exact) mass is 304 g/mol. The largest absolute Gasteiger partial charge is 0.369 e. The van der Waals surface area contributed by atoms with E-state index in [2.05, 4.69) is 20.3 Å². The molecule has 2 heterocycles. The molecule has 5 N–H and O–H groups in total. The number of ether oxygens (including phenoxy) is 1. The molecule has 0 bridgehead atoms. The highest BCUT2D eigenvalue weighted by molar-refractivity contribution is 7.51. The van der Waals surface area contributed by atoms with Crippen molar-refractivity contribution in [2.45, 2.75) is 19.6 Å². The fourth-order valence-electron chi connectivity index (χ4n) is 1.53. The van der Waals surface area contributed by atoms with Gasteiger partial charge in [-0.3, -0.25) is 14.3 Å². The summed E-state index contributed by atoms with van der Waals surface area (Å²) in [6, 6.07) is 0. The number of nitrogen functional groups attached to an aromatic ring is 1. The Kier molecular flexibility index (Phi) is 3.86. The number of anilines is 1. The molecule has 0 spiro atoms. The molecule has 1 atom stereocenters. The van der Waals surface area contributed by atoms with Crippen molar-refractivity contribution in [3.63, 3.8) is 0 Å². The topological polar surface area (TPSA) is 169 Å². The molecule has 110 valence electrons. The van der Waals surface area contributed by atoms with Gasteiger partial charge in [-0.15, -0.1) is 5.10 Å². The smallest absolute Gasteiger partial charge is 0.350 e. The van der Waals surface area contributed by atoms with Crippen LogP contribution in [0.1, 0.15) is 6.92 Å². The first-order chi connectivity index (χ1) is 9.26. The predicted molar refractivity (Wildman–Crippen MR) is 67.8 cm³/mol. The number of H-pyrrole nitrogens is 1. The van der Waals surface area contributed by atoms with Crippen LogP contribution in [-0.4, -0.2) is 47.2 Å². The van der Waals surface area contributed by atoms with E-state index in [1.54, 1.807) is 6.92 Å². The molecule has 0 fully saturated rings. The van der Waals surface area contributed by atoms with Crippen molar-refractivity contribution < 1.29 is 19.1 Å². The summed E-state index contributed by atoms with van der Waals surface area (Å²) >= 11 is 0. The highest BCUT2D eigenvalue weighted by atomic mass is 31.2. The maximum atomic E-state index is 11.5. The van der Waals surface area contributed by atoms with Gasteiger partial charge < -0.3 is 20.3 Å². The lowest BCUT2D eigenvalue weighted by molar-refractivity contribution is 0.0735. The van der Waals surface area contributed by atoms with Gasteiger partial charge in [-0.1, -0.05) is 5.21 Å². The summed E-state index contributed by atoms with van der Waals surface area (Å²) in [7, 11) is -4.23. The van der Waals surface area contributed by atoms with Gasteiger partial charge in [0.25, 0.3) is 5.56 Å². The molecular formula is C8H13N6O5P. The van der Waals surface area contributed by atoms with E-state index >= 15 is 0 Å². The highest BCUT2D eigenvalue weighted by Gasteiger charge is 2.18. The van der Waals surface area contributed by atoms with Crippen molar-refractivity contribution in [3.05, 3.63) is 10.4 Å². The number of fused-ring (bicyclic) bond motifs is 1. The SMILES string of the molecule is C[C@@H](Cn1nnc2c(=O)[nH]c(N)nc21)OCP(=O)(O)O. The number of hydrogen-bond donors (Lipinski definition) is 4. The van der Waals surface area contributed by atoms with Crippen LogP contribution in [0.5, 0.6) is 0 Å². The molecule has 11 nitrogen and oxygen atoms in total. The van der Waals surface area contributed by atoms with Crippen LogP contribution in [0.25, 0.3) is 11.2 Å². The summed E-state index contributed by atoms with van der Waals surface area (Å²) in [6.07, 6.45) is -1.26. The molecule has 2 rings (SSSR count). The summed E-state index contributed by atoms with van der Waals surface area (Å²) in [6.45, 7) is 1.71. The Morgan fingerprint density at radius 3 is 2.90 bits per heavy atom.